The summed E-state index contributed by atoms with van der Waals surface area (Å²) in [5, 5.41) is 5.13. The van der Waals surface area contributed by atoms with E-state index in [1.54, 1.807) is 6.20 Å². The molecule has 1 aliphatic rings. The lowest BCUT2D eigenvalue weighted by molar-refractivity contribution is 0.0787. The fourth-order valence-electron chi connectivity index (χ4n) is 3.67. The highest BCUT2D eigenvalue weighted by atomic mass is 16.2. The molecular weight excluding hydrogens is 324 g/mol. The number of amides is 1. The van der Waals surface area contributed by atoms with Crippen LogP contribution in [-0.2, 0) is 0 Å². The number of fused-ring (bicyclic) bond motifs is 1. The van der Waals surface area contributed by atoms with Crippen LogP contribution in [-0.4, -0.2) is 40.9 Å². The number of nitrogens with zero attached hydrogens (tertiary/aromatic N) is 3. The Kier molecular flexibility index (Phi) is 4.29. The molecule has 0 bridgehead atoms. The average Bonchev–Trinajstić information content (AvgIpc) is 3.16. The van der Waals surface area contributed by atoms with Crippen LogP contribution in [0.15, 0.2) is 48.7 Å². The molecule has 5 heteroatoms. The van der Waals surface area contributed by atoms with E-state index in [1.165, 1.54) is 0 Å². The maximum atomic E-state index is 13.1. The van der Waals surface area contributed by atoms with Gasteiger partial charge in [0.25, 0.3) is 5.91 Å². The number of likely N-dealkylation sites (tertiary alicyclic amines) is 1. The zero-order chi connectivity index (χ0) is 18.1. The normalized spacial score (nSPS) is 16.8. The number of carbonyl (C=O) groups is 1. The third kappa shape index (κ3) is 3.01. The van der Waals surface area contributed by atoms with Crippen LogP contribution in [0.1, 0.15) is 34.2 Å². The molecule has 3 aromatic rings. The van der Waals surface area contributed by atoms with Gasteiger partial charge in [-0.3, -0.25) is 14.8 Å². The number of nitrogens with one attached hydrogen (secondary N) is 1. The van der Waals surface area contributed by atoms with Crippen molar-refractivity contribution in [2.45, 2.75) is 19.3 Å². The van der Waals surface area contributed by atoms with E-state index in [0.29, 0.717) is 12.2 Å². The van der Waals surface area contributed by atoms with Crippen molar-refractivity contribution in [3.63, 3.8) is 0 Å². The van der Waals surface area contributed by atoms with Gasteiger partial charge in [-0.15, -0.1) is 0 Å². The molecule has 5 nitrogen and oxygen atoms in total. The third-order valence-corrected chi connectivity index (χ3v) is 5.03. The summed E-state index contributed by atoms with van der Waals surface area (Å²) in [5.74, 6) is 0.270. The Bertz CT molecular complexity index is 964. The van der Waals surface area contributed by atoms with Gasteiger partial charge in [0.1, 0.15) is 5.69 Å². The van der Waals surface area contributed by atoms with E-state index in [4.69, 9.17) is 0 Å². The Morgan fingerprint density at radius 2 is 2.08 bits per heavy atom. The number of anilines is 1. The van der Waals surface area contributed by atoms with Crippen molar-refractivity contribution in [2.75, 3.05) is 25.5 Å². The van der Waals surface area contributed by atoms with E-state index in [9.17, 15) is 4.79 Å². The van der Waals surface area contributed by atoms with Crippen LogP contribution in [0.2, 0.25) is 0 Å². The first-order valence-corrected chi connectivity index (χ1v) is 8.95. The van der Waals surface area contributed by atoms with Crippen molar-refractivity contribution in [1.29, 1.82) is 0 Å². The summed E-state index contributed by atoms with van der Waals surface area (Å²) in [5.41, 5.74) is 3.65. The number of pyridine rings is 2. The average molecular weight is 346 g/mol. The first kappa shape index (κ1) is 16.5. The van der Waals surface area contributed by atoms with Crippen molar-refractivity contribution in [3.05, 3.63) is 65.7 Å². The lowest BCUT2D eigenvalue weighted by Gasteiger charge is -2.17. The summed E-state index contributed by atoms with van der Waals surface area (Å²) in [6, 6.07) is 14.0. The predicted octanol–water partition coefficient (Wildman–Crippen LogP) is 3.61. The van der Waals surface area contributed by atoms with Gasteiger partial charge in [-0.1, -0.05) is 24.3 Å². The lowest BCUT2D eigenvalue weighted by Crippen LogP contribution is -2.29. The van der Waals surface area contributed by atoms with Gasteiger partial charge in [-0.05, 0) is 36.9 Å². The third-order valence-electron chi connectivity index (χ3n) is 5.03. The van der Waals surface area contributed by atoms with E-state index in [-0.39, 0.29) is 11.8 Å². The first-order valence-electron chi connectivity index (χ1n) is 8.95. The molecule has 0 radical (unpaired) electrons. The van der Waals surface area contributed by atoms with Crippen molar-refractivity contribution in [1.82, 2.24) is 14.9 Å². The van der Waals surface area contributed by atoms with Gasteiger partial charge in [-0.25, -0.2) is 0 Å². The second-order valence-electron chi connectivity index (χ2n) is 6.79. The van der Waals surface area contributed by atoms with Crippen LogP contribution in [0.25, 0.3) is 10.8 Å². The molecule has 132 valence electrons. The number of hydrogen-bond donors (Lipinski definition) is 1. The van der Waals surface area contributed by atoms with Gasteiger partial charge in [-0.2, -0.15) is 0 Å². The molecule has 1 atom stereocenters. The Balaban J connectivity index is 1.59. The molecule has 3 heterocycles. The quantitative estimate of drug-likeness (QED) is 0.787. The summed E-state index contributed by atoms with van der Waals surface area (Å²) in [4.78, 5) is 24.0. The van der Waals surface area contributed by atoms with Crippen LogP contribution in [0.4, 0.5) is 5.69 Å². The van der Waals surface area contributed by atoms with Crippen molar-refractivity contribution < 1.29 is 4.79 Å². The van der Waals surface area contributed by atoms with E-state index in [0.717, 1.165) is 40.8 Å². The lowest BCUT2D eigenvalue weighted by atomic mass is 10.0. The number of aryl methyl sites for hydroxylation is 1. The minimum atomic E-state index is 0.00536. The van der Waals surface area contributed by atoms with Gasteiger partial charge in [0.2, 0.25) is 0 Å². The summed E-state index contributed by atoms with van der Waals surface area (Å²) in [6.45, 7) is 3.42. The zero-order valence-electron chi connectivity index (χ0n) is 15.1. The van der Waals surface area contributed by atoms with E-state index in [2.05, 4.69) is 21.4 Å². The molecule has 2 aromatic heterocycles. The second-order valence-corrected chi connectivity index (χ2v) is 6.79. The van der Waals surface area contributed by atoms with Crippen molar-refractivity contribution in [3.8, 4) is 0 Å². The van der Waals surface area contributed by atoms with Gasteiger partial charge in [0, 0.05) is 54.7 Å². The minimum absolute atomic E-state index is 0.00536. The van der Waals surface area contributed by atoms with Crippen LogP contribution in [0, 0.1) is 6.92 Å². The van der Waals surface area contributed by atoms with Gasteiger partial charge < -0.3 is 10.2 Å². The molecule has 1 saturated heterocycles. The Morgan fingerprint density at radius 1 is 1.23 bits per heavy atom. The van der Waals surface area contributed by atoms with E-state index in [1.807, 2.05) is 55.3 Å². The fourth-order valence-corrected chi connectivity index (χ4v) is 3.67. The molecule has 4 rings (SSSR count). The molecule has 1 aliphatic heterocycles. The summed E-state index contributed by atoms with van der Waals surface area (Å²) < 4.78 is 0. The van der Waals surface area contributed by atoms with Crippen LogP contribution in [0.3, 0.4) is 0 Å². The molecule has 26 heavy (non-hydrogen) atoms. The molecule has 1 aromatic carbocycles. The second kappa shape index (κ2) is 6.75. The van der Waals surface area contributed by atoms with E-state index >= 15 is 0 Å². The maximum absolute atomic E-state index is 13.1. The van der Waals surface area contributed by atoms with Crippen molar-refractivity contribution in [2.24, 2.45) is 0 Å². The molecule has 1 fully saturated rings. The Morgan fingerprint density at radius 3 is 2.92 bits per heavy atom. The topological polar surface area (TPSA) is 58.1 Å². The van der Waals surface area contributed by atoms with Crippen LogP contribution in [0.5, 0.6) is 0 Å². The molecular formula is C21H22N4O. The highest BCUT2D eigenvalue weighted by Gasteiger charge is 2.30. The highest BCUT2D eigenvalue weighted by molar-refractivity contribution is 6.05. The van der Waals surface area contributed by atoms with Gasteiger partial charge in [0.05, 0.1) is 0 Å². The van der Waals surface area contributed by atoms with Crippen molar-refractivity contribution >= 4 is 22.4 Å². The largest absolute Gasteiger partial charge is 0.388 e. The molecule has 0 unspecified atom stereocenters. The van der Waals surface area contributed by atoms with Gasteiger partial charge in [0.15, 0.2) is 0 Å². The highest BCUT2D eigenvalue weighted by Crippen LogP contribution is 2.29. The fraction of sp³-hybridized carbons (Fsp3) is 0.286. The van der Waals surface area contributed by atoms with Gasteiger partial charge >= 0.3 is 0 Å². The molecule has 1 N–H and O–H groups in total. The standard InChI is InChI=1S/C21H22N4O/c1-14-11-17(22-2)12-19(24-14)16-8-10-25(13-16)21(26)20-18-6-4-3-5-15(18)7-9-23-20/h3-7,9,11-12,16H,8,10,13H2,1-2H3,(H,22,24)/t16-/m1/s1. The number of aromatic nitrogens is 2. The monoisotopic (exact) mass is 346 g/mol. The zero-order valence-corrected chi connectivity index (χ0v) is 15.1. The SMILES string of the molecule is CNc1cc(C)nc([C@@H]2CCN(C(=O)c3nccc4ccccc34)C2)c1. The van der Waals surface area contributed by atoms with E-state index < -0.39 is 0 Å². The number of rotatable bonds is 3. The van der Waals surface area contributed by atoms with Crippen LogP contribution < -0.4 is 5.32 Å². The Labute approximate surface area is 153 Å². The molecule has 0 spiro atoms. The maximum Gasteiger partial charge on any atom is 0.273 e. The minimum Gasteiger partial charge on any atom is -0.388 e. The molecule has 1 amide bonds. The van der Waals surface area contributed by atoms with Crippen LogP contribution >= 0.6 is 0 Å². The molecule has 0 saturated carbocycles. The molecule has 0 aliphatic carbocycles. The summed E-state index contributed by atoms with van der Waals surface area (Å²) in [7, 11) is 1.91. The first-order chi connectivity index (χ1) is 12.7. The summed E-state index contributed by atoms with van der Waals surface area (Å²) >= 11 is 0. The predicted molar refractivity (Wildman–Crippen MR) is 104 cm³/mol. The Hall–Kier alpha value is -2.95. The summed E-state index contributed by atoms with van der Waals surface area (Å²) in [6.07, 6.45) is 2.64. The number of carbonyl (C=O) groups excluding carboxylic acids is 1. The smallest absolute Gasteiger partial charge is 0.273 e. The number of benzene rings is 1. The number of hydrogen-bond acceptors (Lipinski definition) is 4.